The Kier molecular flexibility index (Phi) is 19.7. The maximum atomic E-state index is 12.9. The van der Waals surface area contributed by atoms with E-state index in [-0.39, 0.29) is 83.6 Å². The van der Waals surface area contributed by atoms with Crippen LogP contribution in [0.15, 0.2) is 24.3 Å². The number of amides is 3. The normalized spacial score (nSPS) is 20.7. The summed E-state index contributed by atoms with van der Waals surface area (Å²) in [5.74, 6) is -1.22. The molecule has 0 saturated carbocycles. The van der Waals surface area contributed by atoms with Gasteiger partial charge in [-0.05, 0) is 69.8 Å². The van der Waals surface area contributed by atoms with E-state index in [9.17, 15) is 27.6 Å². The van der Waals surface area contributed by atoms with E-state index in [1.165, 1.54) is 24.0 Å². The smallest absolute Gasteiger partial charge is 0.393 e. The third kappa shape index (κ3) is 13.0. The number of alkyl halides is 3. The van der Waals surface area contributed by atoms with E-state index in [1.807, 2.05) is 0 Å². The molecule has 3 atom stereocenters. The minimum atomic E-state index is -4.41. The summed E-state index contributed by atoms with van der Waals surface area (Å²) in [6.45, 7) is 5.58. The Labute approximate surface area is 272 Å². The summed E-state index contributed by atoms with van der Waals surface area (Å²) in [7, 11) is 0. The van der Waals surface area contributed by atoms with E-state index < -0.39 is 35.2 Å². The summed E-state index contributed by atoms with van der Waals surface area (Å²) >= 11 is 0. The minimum absolute atomic E-state index is 0. The van der Waals surface area contributed by atoms with Crippen molar-refractivity contribution in [2.75, 3.05) is 19.6 Å². The minimum Gasteiger partial charge on any atom is -0.393 e. The number of rotatable bonds is 7. The van der Waals surface area contributed by atoms with Crippen molar-refractivity contribution < 1.29 is 84.0 Å². The molecule has 0 bridgehead atoms. The van der Waals surface area contributed by atoms with Crippen LogP contribution in [0.4, 0.5) is 13.2 Å². The van der Waals surface area contributed by atoms with Gasteiger partial charge in [-0.1, -0.05) is 19.1 Å². The van der Waals surface area contributed by atoms with Crippen molar-refractivity contribution in [1.29, 1.82) is 0 Å². The van der Waals surface area contributed by atoms with Gasteiger partial charge in [-0.2, -0.15) is 13.2 Å². The number of halogens is 3. The predicted molar refractivity (Wildman–Crippen MR) is 140 cm³/mol. The largest absolute Gasteiger partial charge is 1.00 e. The van der Waals surface area contributed by atoms with Gasteiger partial charge in [0.1, 0.15) is 5.54 Å². The van der Waals surface area contributed by atoms with Crippen molar-refractivity contribution >= 4 is 17.7 Å². The molecule has 2 aliphatic heterocycles. The van der Waals surface area contributed by atoms with Gasteiger partial charge >= 0.3 is 57.6 Å². The molecule has 0 spiro atoms. The molecular weight excluding hydrogens is 542 g/mol. The van der Waals surface area contributed by atoms with Gasteiger partial charge in [0.2, 0.25) is 17.7 Å². The SMILES string of the molecule is CCCN.C[C@@H](O)CC(N)=O.NC(=O)[C@@]1(Cc2ccc(C(F)(F)F)cc2)CCCN1C(=O)C1CCCN1.[CH3-].[K+]. The fourth-order valence-corrected chi connectivity index (χ4v) is 4.25. The number of likely N-dealkylation sites (tertiary alicyclic amines) is 1. The number of carbonyl (C=O) groups is 3. The average Bonchev–Trinajstić information content (AvgIpc) is 3.49. The van der Waals surface area contributed by atoms with Crippen LogP contribution >= 0.6 is 0 Å². The maximum absolute atomic E-state index is 12.9. The first-order valence-electron chi connectivity index (χ1n) is 12.5. The van der Waals surface area contributed by atoms with Crippen molar-refractivity contribution in [2.24, 2.45) is 17.2 Å². The van der Waals surface area contributed by atoms with Gasteiger partial charge < -0.3 is 40.0 Å². The summed E-state index contributed by atoms with van der Waals surface area (Å²) in [5, 5.41) is 11.6. The molecule has 0 radical (unpaired) electrons. The van der Waals surface area contributed by atoms with Crippen LogP contribution in [0.25, 0.3) is 0 Å². The van der Waals surface area contributed by atoms with Gasteiger partial charge in [-0.3, -0.25) is 14.4 Å². The Morgan fingerprint density at radius 3 is 2.10 bits per heavy atom. The Hall–Kier alpha value is -1.06. The number of hydrogen-bond acceptors (Lipinski definition) is 6. The first-order chi connectivity index (χ1) is 17.3. The van der Waals surface area contributed by atoms with Gasteiger partial charge in [0.25, 0.3) is 0 Å². The molecule has 2 fully saturated rings. The number of aliphatic hydroxyl groups excluding tert-OH is 1. The monoisotopic (exact) mass is 585 g/mol. The number of nitrogens with zero attached hydrogens (tertiary/aromatic N) is 1. The molecule has 8 N–H and O–H groups in total. The fourth-order valence-electron chi connectivity index (χ4n) is 4.25. The van der Waals surface area contributed by atoms with E-state index in [2.05, 4.69) is 12.2 Å². The van der Waals surface area contributed by atoms with Crippen molar-refractivity contribution in [1.82, 2.24) is 10.2 Å². The Morgan fingerprint density at radius 1 is 1.18 bits per heavy atom. The molecule has 13 heteroatoms. The van der Waals surface area contributed by atoms with Crippen LogP contribution in [-0.4, -0.2) is 65.0 Å². The van der Waals surface area contributed by atoms with Crippen molar-refractivity contribution in [3.05, 3.63) is 42.8 Å². The third-order valence-electron chi connectivity index (χ3n) is 6.13. The average molecular weight is 586 g/mol. The third-order valence-corrected chi connectivity index (χ3v) is 6.13. The number of nitrogens with one attached hydrogen (secondary N) is 1. The van der Waals surface area contributed by atoms with Gasteiger partial charge in [-0.25, -0.2) is 0 Å². The van der Waals surface area contributed by atoms with E-state index in [0.717, 1.165) is 38.1 Å². The number of aliphatic hydroxyl groups is 1. The number of primary amides is 2. The second-order valence-corrected chi connectivity index (χ2v) is 9.32. The topological polar surface area (TPSA) is 165 Å². The van der Waals surface area contributed by atoms with Crippen molar-refractivity contribution in [3.8, 4) is 0 Å². The second kappa shape index (κ2) is 19.1. The first-order valence-corrected chi connectivity index (χ1v) is 12.5. The zero-order valence-electron chi connectivity index (χ0n) is 23.5. The number of nitrogens with two attached hydrogens (primary N) is 3. The molecule has 2 aliphatic rings. The molecule has 2 heterocycles. The quantitative estimate of drug-likeness (QED) is 0.201. The molecule has 0 aliphatic carbocycles. The van der Waals surface area contributed by atoms with E-state index in [0.29, 0.717) is 31.4 Å². The van der Waals surface area contributed by atoms with Crippen LogP contribution in [0.1, 0.15) is 63.5 Å². The molecule has 9 nitrogen and oxygen atoms in total. The molecule has 1 unspecified atom stereocenters. The van der Waals surface area contributed by atoms with Gasteiger partial charge in [0, 0.05) is 13.0 Å². The van der Waals surface area contributed by atoms with Crippen LogP contribution in [0.5, 0.6) is 0 Å². The van der Waals surface area contributed by atoms with E-state index in [4.69, 9.17) is 22.3 Å². The molecule has 39 heavy (non-hydrogen) atoms. The van der Waals surface area contributed by atoms with Crippen LogP contribution in [-0.2, 0) is 27.0 Å². The van der Waals surface area contributed by atoms with Crippen LogP contribution in [0, 0.1) is 7.43 Å². The fraction of sp³-hybridized carbons (Fsp3) is 0.615. The summed E-state index contributed by atoms with van der Waals surface area (Å²) < 4.78 is 38.2. The first kappa shape index (κ1) is 40.1. The number of hydrogen-bond donors (Lipinski definition) is 5. The molecule has 0 aromatic heterocycles. The second-order valence-electron chi connectivity index (χ2n) is 9.32. The molecule has 218 valence electrons. The van der Waals surface area contributed by atoms with Crippen LogP contribution in [0.3, 0.4) is 0 Å². The molecule has 1 aromatic rings. The van der Waals surface area contributed by atoms with Crippen molar-refractivity contribution in [3.63, 3.8) is 0 Å². The Balaban J connectivity index is 0. The molecule has 3 rings (SSSR count). The van der Waals surface area contributed by atoms with Crippen LogP contribution < -0.4 is 73.9 Å². The van der Waals surface area contributed by atoms with E-state index in [1.54, 1.807) is 0 Å². The zero-order valence-corrected chi connectivity index (χ0v) is 26.6. The summed E-state index contributed by atoms with van der Waals surface area (Å²) in [4.78, 5) is 36.6. The van der Waals surface area contributed by atoms with E-state index >= 15 is 0 Å². The van der Waals surface area contributed by atoms with Gasteiger partial charge in [-0.15, -0.1) is 0 Å². The predicted octanol–water partition coefficient (Wildman–Crippen LogP) is -1.10. The number of carbonyl (C=O) groups excluding carboxylic acids is 3. The standard InChI is InChI=1S/C18H22F3N3O2.C4H9NO2.C3H9N.CH3.K/c19-18(20,21)13-6-4-12(5-7-13)11-17(16(22)26)8-2-10-24(17)15(25)14-3-1-9-23-14;1-3(6)2-4(5)7;1-2-3-4;;/h4-7,14,23H,1-3,8-11H2,(H2,22,26);3,6H,2H2,1H3,(H2,5,7);2-4H2,1H3;1H3;/q;;;-1;+1/t14?,17-;3-;;;/m01.../s1. The molecule has 1 aromatic carbocycles. The number of benzene rings is 1. The molecular formula is C26H43F3KN5O4. The summed E-state index contributed by atoms with van der Waals surface area (Å²) in [5.41, 5.74) is 14.0. The zero-order chi connectivity index (χ0) is 28.2. The molecule has 2 saturated heterocycles. The maximum Gasteiger partial charge on any atom is 1.00 e. The Bertz CT molecular complexity index is 879. The van der Waals surface area contributed by atoms with Gasteiger partial charge in [0.15, 0.2) is 0 Å². The van der Waals surface area contributed by atoms with Crippen LogP contribution in [0.2, 0.25) is 0 Å². The summed E-state index contributed by atoms with van der Waals surface area (Å²) in [6.07, 6.45) is -1.07. The molecule has 3 amide bonds. The van der Waals surface area contributed by atoms with Crippen molar-refractivity contribution in [2.45, 2.75) is 82.7 Å². The Morgan fingerprint density at radius 2 is 1.74 bits per heavy atom. The summed E-state index contributed by atoms with van der Waals surface area (Å²) in [6, 6.07) is 4.36. The van der Waals surface area contributed by atoms with Gasteiger partial charge in [0.05, 0.1) is 24.1 Å².